The summed E-state index contributed by atoms with van der Waals surface area (Å²) in [5.41, 5.74) is 1.58. The van der Waals surface area contributed by atoms with Gasteiger partial charge in [-0.15, -0.1) is 0 Å². The minimum absolute atomic E-state index is 0.00927. The highest BCUT2D eigenvalue weighted by atomic mass is 16.5. The van der Waals surface area contributed by atoms with E-state index < -0.39 is 11.8 Å². The van der Waals surface area contributed by atoms with Gasteiger partial charge in [0.1, 0.15) is 11.6 Å². The standard InChI is InChI=1S/C20H22N4O4/c1-11-5-4-6-13(17(11)28-3)20(27)23-15-9-16(24-18(25)12-7-8-12)22-10-14(15)19(26)21-2/h4-6,9-10,12H,7-8H2,1-3H3,(H,21,26)(H2,22,23,24,25,27). The fraction of sp³-hybridized carbons (Fsp3) is 0.300. The molecule has 0 radical (unpaired) electrons. The topological polar surface area (TPSA) is 109 Å². The molecule has 1 heterocycles. The predicted octanol–water partition coefficient (Wildman–Crippen LogP) is 2.36. The Labute approximate surface area is 162 Å². The summed E-state index contributed by atoms with van der Waals surface area (Å²) in [5, 5.41) is 7.96. The maximum Gasteiger partial charge on any atom is 0.259 e. The van der Waals surface area contributed by atoms with Gasteiger partial charge < -0.3 is 20.7 Å². The average molecular weight is 382 g/mol. The molecule has 3 rings (SSSR count). The van der Waals surface area contributed by atoms with E-state index in [1.807, 2.05) is 13.0 Å². The third kappa shape index (κ3) is 4.11. The van der Waals surface area contributed by atoms with Crippen LogP contribution in [-0.2, 0) is 4.79 Å². The molecule has 0 unspecified atom stereocenters. The molecule has 1 fully saturated rings. The molecule has 1 aliphatic rings. The summed E-state index contributed by atoms with van der Waals surface area (Å²) in [5.74, 6) is -0.211. The summed E-state index contributed by atoms with van der Waals surface area (Å²) in [6.07, 6.45) is 3.04. The Hall–Kier alpha value is -3.42. The zero-order valence-electron chi connectivity index (χ0n) is 16.0. The van der Waals surface area contributed by atoms with Crippen LogP contribution in [0.4, 0.5) is 11.5 Å². The Balaban J connectivity index is 1.91. The van der Waals surface area contributed by atoms with Crippen LogP contribution in [0.15, 0.2) is 30.5 Å². The van der Waals surface area contributed by atoms with Crippen LogP contribution in [0.25, 0.3) is 0 Å². The van der Waals surface area contributed by atoms with Crippen molar-refractivity contribution in [3.8, 4) is 5.75 Å². The van der Waals surface area contributed by atoms with E-state index in [0.29, 0.717) is 11.3 Å². The van der Waals surface area contributed by atoms with Gasteiger partial charge >= 0.3 is 0 Å². The van der Waals surface area contributed by atoms with E-state index in [1.54, 1.807) is 12.1 Å². The number of pyridine rings is 1. The number of benzene rings is 1. The number of methoxy groups -OCH3 is 1. The van der Waals surface area contributed by atoms with Crippen molar-refractivity contribution in [1.82, 2.24) is 10.3 Å². The van der Waals surface area contributed by atoms with Gasteiger partial charge in [0.15, 0.2) is 0 Å². The van der Waals surface area contributed by atoms with Crippen molar-refractivity contribution < 1.29 is 19.1 Å². The van der Waals surface area contributed by atoms with Crippen molar-refractivity contribution in [3.05, 3.63) is 47.2 Å². The molecule has 0 aliphatic heterocycles. The van der Waals surface area contributed by atoms with Crippen molar-refractivity contribution in [2.45, 2.75) is 19.8 Å². The highest BCUT2D eigenvalue weighted by Crippen LogP contribution is 2.30. The van der Waals surface area contributed by atoms with Crippen molar-refractivity contribution in [1.29, 1.82) is 0 Å². The molecule has 1 aromatic heterocycles. The van der Waals surface area contributed by atoms with Crippen molar-refractivity contribution in [3.63, 3.8) is 0 Å². The number of rotatable bonds is 6. The first kappa shape index (κ1) is 19.3. The zero-order chi connectivity index (χ0) is 20.3. The maximum atomic E-state index is 12.8. The number of aromatic nitrogens is 1. The molecule has 1 saturated carbocycles. The second kappa shape index (κ2) is 8.08. The van der Waals surface area contributed by atoms with E-state index in [1.165, 1.54) is 26.4 Å². The smallest absolute Gasteiger partial charge is 0.259 e. The first-order valence-corrected chi connectivity index (χ1v) is 8.92. The molecule has 3 amide bonds. The van der Waals surface area contributed by atoms with Crippen molar-refractivity contribution in [2.75, 3.05) is 24.8 Å². The number of nitrogens with zero attached hydrogens (tertiary/aromatic N) is 1. The fourth-order valence-corrected chi connectivity index (χ4v) is 2.81. The minimum Gasteiger partial charge on any atom is -0.496 e. The van der Waals surface area contributed by atoms with Crippen LogP contribution >= 0.6 is 0 Å². The Bertz CT molecular complexity index is 938. The van der Waals surface area contributed by atoms with Gasteiger partial charge in [0.05, 0.1) is 23.9 Å². The fourth-order valence-electron chi connectivity index (χ4n) is 2.81. The molecule has 2 aromatic rings. The number of para-hydroxylation sites is 1. The lowest BCUT2D eigenvalue weighted by Crippen LogP contribution is -2.23. The quantitative estimate of drug-likeness (QED) is 0.711. The Kier molecular flexibility index (Phi) is 5.58. The molecule has 0 spiro atoms. The van der Waals surface area contributed by atoms with Gasteiger partial charge in [-0.2, -0.15) is 0 Å². The van der Waals surface area contributed by atoms with E-state index in [4.69, 9.17) is 4.74 Å². The molecule has 146 valence electrons. The molecule has 0 bridgehead atoms. The third-order valence-electron chi connectivity index (χ3n) is 4.48. The van der Waals surface area contributed by atoms with Crippen LogP contribution in [0, 0.1) is 12.8 Å². The van der Waals surface area contributed by atoms with Crippen LogP contribution in [-0.4, -0.2) is 36.9 Å². The molecular weight excluding hydrogens is 360 g/mol. The van der Waals surface area contributed by atoms with Crippen molar-refractivity contribution >= 4 is 29.2 Å². The van der Waals surface area contributed by atoms with Gasteiger partial charge in [-0.1, -0.05) is 12.1 Å². The Morgan fingerprint density at radius 1 is 1.11 bits per heavy atom. The second-order valence-corrected chi connectivity index (χ2v) is 6.57. The Morgan fingerprint density at radius 2 is 1.86 bits per heavy atom. The van der Waals surface area contributed by atoms with Gasteiger partial charge in [-0.05, 0) is 31.4 Å². The van der Waals surface area contributed by atoms with E-state index >= 15 is 0 Å². The molecule has 8 nitrogen and oxygen atoms in total. The lowest BCUT2D eigenvalue weighted by molar-refractivity contribution is -0.117. The number of carbonyl (C=O) groups excluding carboxylic acids is 3. The molecule has 1 aliphatic carbocycles. The first-order chi connectivity index (χ1) is 13.4. The molecular formula is C20H22N4O4. The number of ether oxygens (including phenoxy) is 1. The molecule has 1 aromatic carbocycles. The number of hydrogen-bond donors (Lipinski definition) is 3. The Morgan fingerprint density at radius 3 is 2.50 bits per heavy atom. The zero-order valence-corrected chi connectivity index (χ0v) is 16.0. The van der Waals surface area contributed by atoms with Crippen molar-refractivity contribution in [2.24, 2.45) is 5.92 Å². The van der Waals surface area contributed by atoms with Crippen LogP contribution in [0.1, 0.15) is 39.1 Å². The number of hydrogen-bond acceptors (Lipinski definition) is 5. The van der Waals surface area contributed by atoms with E-state index in [0.717, 1.165) is 18.4 Å². The molecule has 8 heteroatoms. The monoisotopic (exact) mass is 382 g/mol. The number of nitrogens with one attached hydrogen (secondary N) is 3. The first-order valence-electron chi connectivity index (χ1n) is 8.92. The van der Waals surface area contributed by atoms with E-state index in [9.17, 15) is 14.4 Å². The van der Waals surface area contributed by atoms with Crippen LogP contribution < -0.4 is 20.7 Å². The maximum absolute atomic E-state index is 12.8. The highest BCUT2D eigenvalue weighted by molar-refractivity contribution is 6.10. The molecule has 3 N–H and O–H groups in total. The summed E-state index contributed by atoms with van der Waals surface area (Å²) >= 11 is 0. The largest absolute Gasteiger partial charge is 0.496 e. The van der Waals surface area contributed by atoms with E-state index in [2.05, 4.69) is 20.9 Å². The summed E-state index contributed by atoms with van der Waals surface area (Å²) < 4.78 is 5.33. The van der Waals surface area contributed by atoms with Crippen LogP contribution in [0.3, 0.4) is 0 Å². The van der Waals surface area contributed by atoms with E-state index in [-0.39, 0.29) is 28.9 Å². The summed E-state index contributed by atoms with van der Waals surface area (Å²) in [6, 6.07) is 6.70. The molecule has 0 saturated heterocycles. The second-order valence-electron chi connectivity index (χ2n) is 6.57. The third-order valence-corrected chi connectivity index (χ3v) is 4.48. The predicted molar refractivity (Wildman–Crippen MR) is 105 cm³/mol. The van der Waals surface area contributed by atoms with Gasteiger partial charge in [0, 0.05) is 25.2 Å². The SMILES string of the molecule is CNC(=O)c1cnc(NC(=O)C2CC2)cc1NC(=O)c1cccc(C)c1OC. The van der Waals surface area contributed by atoms with Gasteiger partial charge in [-0.25, -0.2) is 4.98 Å². The molecule has 0 atom stereocenters. The van der Waals surface area contributed by atoms with Crippen LogP contribution in [0.2, 0.25) is 0 Å². The summed E-state index contributed by atoms with van der Waals surface area (Å²) in [4.78, 5) is 41.1. The normalized spacial score (nSPS) is 12.8. The van der Waals surface area contributed by atoms with Gasteiger partial charge in [-0.3, -0.25) is 14.4 Å². The number of carbonyl (C=O) groups is 3. The number of anilines is 2. The van der Waals surface area contributed by atoms with Gasteiger partial charge in [0.2, 0.25) is 5.91 Å². The lowest BCUT2D eigenvalue weighted by Gasteiger charge is -2.14. The average Bonchev–Trinajstić information content (AvgIpc) is 3.52. The number of amides is 3. The van der Waals surface area contributed by atoms with Gasteiger partial charge in [0.25, 0.3) is 11.8 Å². The highest BCUT2D eigenvalue weighted by Gasteiger charge is 2.30. The van der Waals surface area contributed by atoms with Crippen LogP contribution in [0.5, 0.6) is 5.75 Å². The lowest BCUT2D eigenvalue weighted by atomic mass is 10.1. The molecule has 28 heavy (non-hydrogen) atoms. The minimum atomic E-state index is -0.434. The number of aryl methyl sites for hydroxylation is 1. The summed E-state index contributed by atoms with van der Waals surface area (Å²) in [7, 11) is 2.98. The summed E-state index contributed by atoms with van der Waals surface area (Å²) in [6.45, 7) is 1.84.